The molecular formula is C29H27Cl2F3N4O. The topological polar surface area (TPSA) is 48.5 Å². The fourth-order valence-electron chi connectivity index (χ4n) is 5.54. The van der Waals surface area contributed by atoms with Crippen LogP contribution >= 0.6 is 23.2 Å². The van der Waals surface area contributed by atoms with Gasteiger partial charge in [0.2, 0.25) is 0 Å². The van der Waals surface area contributed by atoms with Gasteiger partial charge >= 0.3 is 12.2 Å². The number of carbonyl (C=O) groups excluding carboxylic acids is 1. The summed E-state index contributed by atoms with van der Waals surface area (Å²) in [5, 5.41) is 4.17. The Kier molecular flexibility index (Phi) is 7.89. The minimum atomic E-state index is -4.52. The number of amides is 2. The third-order valence-corrected chi connectivity index (χ3v) is 7.82. The van der Waals surface area contributed by atoms with Crippen molar-refractivity contribution >= 4 is 41.0 Å². The van der Waals surface area contributed by atoms with Crippen LogP contribution in [-0.2, 0) is 18.1 Å². The number of halogens is 5. The standard InChI is InChI=1S/C29H27Cl2F3N4O/c30-22-8-6-20(7-9-22)3-2-16-37(18-21-10-13-36-25(31)17-21)27(39)38-19-28(11-14-35-15-12-28)26-23(29(32,33)34)4-1-5-24(26)38/h1-10,13,17,35H,11-12,14-16,18-19H2. The van der Waals surface area contributed by atoms with Gasteiger partial charge in [-0.05, 0) is 79.0 Å². The Morgan fingerprint density at radius 3 is 2.54 bits per heavy atom. The summed E-state index contributed by atoms with van der Waals surface area (Å²) in [5.74, 6) is 0. The molecule has 0 bridgehead atoms. The van der Waals surface area contributed by atoms with Crippen LogP contribution in [0.5, 0.6) is 0 Å². The van der Waals surface area contributed by atoms with Crippen LogP contribution in [0.2, 0.25) is 10.2 Å². The maximum absolute atomic E-state index is 14.2. The summed E-state index contributed by atoms with van der Waals surface area (Å²) >= 11 is 12.1. The Bertz CT molecular complexity index is 1370. The van der Waals surface area contributed by atoms with Gasteiger partial charge in [-0.15, -0.1) is 0 Å². The lowest BCUT2D eigenvalue weighted by Gasteiger charge is -2.36. The molecule has 2 amide bonds. The predicted octanol–water partition coefficient (Wildman–Crippen LogP) is 7.18. The molecule has 0 aliphatic carbocycles. The van der Waals surface area contributed by atoms with Crippen molar-refractivity contribution < 1.29 is 18.0 Å². The molecule has 0 saturated carbocycles. The first-order valence-electron chi connectivity index (χ1n) is 12.7. The fourth-order valence-corrected chi connectivity index (χ4v) is 5.86. The lowest BCUT2D eigenvalue weighted by molar-refractivity contribution is -0.138. The molecule has 0 atom stereocenters. The van der Waals surface area contributed by atoms with Gasteiger partial charge in [0.05, 0.1) is 5.56 Å². The van der Waals surface area contributed by atoms with E-state index in [4.69, 9.17) is 23.2 Å². The molecule has 204 valence electrons. The number of hydrogen-bond acceptors (Lipinski definition) is 3. The molecule has 39 heavy (non-hydrogen) atoms. The van der Waals surface area contributed by atoms with Crippen LogP contribution in [0.15, 0.2) is 66.9 Å². The van der Waals surface area contributed by atoms with E-state index in [-0.39, 0.29) is 31.2 Å². The summed E-state index contributed by atoms with van der Waals surface area (Å²) < 4.78 is 42.5. The SMILES string of the molecule is O=C(N(CC=Cc1ccc(Cl)cc1)Cc1ccnc(Cl)c1)N1CC2(CCNCC2)c2c1cccc2C(F)(F)F. The lowest BCUT2D eigenvalue weighted by atomic mass is 9.73. The Morgan fingerprint density at radius 2 is 1.85 bits per heavy atom. The van der Waals surface area contributed by atoms with E-state index in [2.05, 4.69) is 10.3 Å². The summed E-state index contributed by atoms with van der Waals surface area (Å²) in [6, 6.07) is 14.5. The van der Waals surface area contributed by atoms with Crippen LogP contribution in [0.3, 0.4) is 0 Å². The van der Waals surface area contributed by atoms with Crippen molar-refractivity contribution in [2.45, 2.75) is 31.0 Å². The first-order chi connectivity index (χ1) is 18.7. The maximum Gasteiger partial charge on any atom is 0.416 e. The quantitative estimate of drug-likeness (QED) is 0.328. The maximum atomic E-state index is 14.2. The zero-order valence-electron chi connectivity index (χ0n) is 21.0. The first kappa shape index (κ1) is 27.5. The van der Waals surface area contributed by atoms with Gasteiger partial charge in [-0.25, -0.2) is 9.78 Å². The highest BCUT2D eigenvalue weighted by Crippen LogP contribution is 2.51. The lowest BCUT2D eigenvalue weighted by Crippen LogP contribution is -2.48. The monoisotopic (exact) mass is 574 g/mol. The Hall–Kier alpha value is -3.07. The number of fused-ring (bicyclic) bond motifs is 2. The number of urea groups is 1. The van der Waals surface area contributed by atoms with Crippen molar-refractivity contribution in [3.8, 4) is 0 Å². The van der Waals surface area contributed by atoms with E-state index in [0.717, 1.165) is 17.2 Å². The predicted molar refractivity (Wildman–Crippen MR) is 148 cm³/mol. The van der Waals surface area contributed by atoms with E-state index < -0.39 is 17.2 Å². The van der Waals surface area contributed by atoms with Gasteiger partial charge in [0.15, 0.2) is 0 Å². The van der Waals surface area contributed by atoms with Gasteiger partial charge in [-0.1, -0.05) is 53.6 Å². The molecule has 10 heteroatoms. The summed E-state index contributed by atoms with van der Waals surface area (Å²) in [5.41, 5.74) is 0.823. The Morgan fingerprint density at radius 1 is 1.10 bits per heavy atom. The van der Waals surface area contributed by atoms with Gasteiger partial charge in [0.1, 0.15) is 5.15 Å². The molecular weight excluding hydrogens is 548 g/mol. The molecule has 5 rings (SSSR count). The normalized spacial score (nSPS) is 16.6. The summed E-state index contributed by atoms with van der Waals surface area (Å²) in [4.78, 5) is 21.3. The molecule has 1 N–H and O–H groups in total. The third-order valence-electron chi connectivity index (χ3n) is 7.36. The van der Waals surface area contributed by atoms with Crippen molar-refractivity contribution in [2.24, 2.45) is 0 Å². The second-order valence-electron chi connectivity index (χ2n) is 9.92. The van der Waals surface area contributed by atoms with Gasteiger partial charge < -0.3 is 10.2 Å². The number of aromatic nitrogens is 1. The van der Waals surface area contributed by atoms with E-state index >= 15 is 0 Å². The average Bonchev–Trinajstić information content (AvgIpc) is 3.22. The Labute approximate surface area is 235 Å². The van der Waals surface area contributed by atoms with E-state index in [1.165, 1.54) is 11.0 Å². The minimum Gasteiger partial charge on any atom is -0.317 e. The number of anilines is 1. The number of nitrogens with one attached hydrogen (secondary N) is 1. The molecule has 3 aromatic rings. The molecule has 1 saturated heterocycles. The third kappa shape index (κ3) is 5.93. The molecule has 1 spiro atoms. The largest absolute Gasteiger partial charge is 0.416 e. The summed E-state index contributed by atoms with van der Waals surface area (Å²) in [6.07, 6.45) is 1.82. The number of pyridine rings is 1. The zero-order chi connectivity index (χ0) is 27.6. The van der Waals surface area contributed by atoms with Crippen molar-refractivity contribution in [3.63, 3.8) is 0 Å². The van der Waals surface area contributed by atoms with Crippen molar-refractivity contribution in [2.75, 3.05) is 31.1 Å². The van der Waals surface area contributed by atoms with Crippen molar-refractivity contribution in [1.82, 2.24) is 15.2 Å². The smallest absolute Gasteiger partial charge is 0.317 e. The molecule has 2 aliphatic heterocycles. The average molecular weight is 575 g/mol. The van der Waals surface area contributed by atoms with Crippen LogP contribution < -0.4 is 10.2 Å². The molecule has 2 aliphatic rings. The van der Waals surface area contributed by atoms with Crippen LogP contribution in [-0.4, -0.2) is 42.1 Å². The zero-order valence-corrected chi connectivity index (χ0v) is 22.5. The molecule has 3 heterocycles. The number of carbonyl (C=O) groups is 1. The van der Waals surface area contributed by atoms with Gasteiger partial charge in [-0.2, -0.15) is 13.2 Å². The summed E-state index contributed by atoms with van der Waals surface area (Å²) in [7, 11) is 0. The van der Waals surface area contributed by atoms with Crippen LogP contribution in [0.1, 0.15) is 35.1 Å². The minimum absolute atomic E-state index is 0.199. The van der Waals surface area contributed by atoms with Crippen molar-refractivity contribution in [1.29, 1.82) is 0 Å². The number of hydrogen-bond donors (Lipinski definition) is 1. The molecule has 5 nitrogen and oxygen atoms in total. The highest BCUT2D eigenvalue weighted by atomic mass is 35.5. The van der Waals surface area contributed by atoms with E-state index in [0.29, 0.717) is 41.8 Å². The number of rotatable bonds is 5. The van der Waals surface area contributed by atoms with Crippen LogP contribution in [0, 0.1) is 0 Å². The van der Waals surface area contributed by atoms with Gasteiger partial charge in [-0.3, -0.25) is 4.90 Å². The molecule has 0 unspecified atom stereocenters. The Balaban J connectivity index is 1.50. The van der Waals surface area contributed by atoms with Crippen molar-refractivity contribution in [3.05, 3.63) is 99.3 Å². The van der Waals surface area contributed by atoms with Crippen LogP contribution in [0.25, 0.3) is 6.08 Å². The molecule has 1 aromatic heterocycles. The first-order valence-corrected chi connectivity index (χ1v) is 13.4. The van der Waals surface area contributed by atoms with E-state index in [1.54, 1.807) is 41.4 Å². The summed E-state index contributed by atoms with van der Waals surface area (Å²) in [6.45, 7) is 1.84. The number of benzene rings is 2. The van der Waals surface area contributed by atoms with E-state index in [1.807, 2.05) is 24.3 Å². The number of piperidine rings is 1. The number of nitrogens with zero attached hydrogens (tertiary/aromatic N) is 3. The van der Waals surface area contributed by atoms with Crippen LogP contribution in [0.4, 0.5) is 23.7 Å². The van der Waals surface area contributed by atoms with Gasteiger partial charge in [0.25, 0.3) is 0 Å². The highest BCUT2D eigenvalue weighted by Gasteiger charge is 2.51. The highest BCUT2D eigenvalue weighted by molar-refractivity contribution is 6.30. The second kappa shape index (κ2) is 11.2. The second-order valence-corrected chi connectivity index (χ2v) is 10.7. The molecule has 2 aromatic carbocycles. The molecule has 0 radical (unpaired) electrons. The van der Waals surface area contributed by atoms with Gasteiger partial charge in [0, 0.05) is 42.0 Å². The number of alkyl halides is 3. The van der Waals surface area contributed by atoms with E-state index in [9.17, 15) is 18.0 Å². The fraction of sp³-hybridized carbons (Fsp3) is 0.310. The molecule has 1 fully saturated rings.